The highest BCUT2D eigenvalue weighted by atomic mass is 16.5. The number of ether oxygens (including phenoxy) is 1. The number of nitrogens with one attached hydrogen (secondary N) is 1. The second-order valence-corrected chi connectivity index (χ2v) is 10.5. The van der Waals surface area contributed by atoms with Crippen LogP contribution in [0.15, 0.2) is 0 Å². The van der Waals surface area contributed by atoms with E-state index in [-0.39, 0.29) is 16.9 Å². The van der Waals surface area contributed by atoms with Crippen LogP contribution < -0.4 is 5.32 Å². The lowest BCUT2D eigenvalue weighted by molar-refractivity contribution is -0.147. The van der Waals surface area contributed by atoms with Gasteiger partial charge in [0, 0.05) is 24.5 Å². The summed E-state index contributed by atoms with van der Waals surface area (Å²) in [6, 6.07) is 0. The number of carbonyl (C=O) groups excluding carboxylic acids is 1. The van der Waals surface area contributed by atoms with E-state index in [1.54, 1.807) is 0 Å². The molecule has 1 saturated heterocycles. The Kier molecular flexibility index (Phi) is 4.22. The lowest BCUT2D eigenvalue weighted by Crippen LogP contribution is -2.55. The average molecular weight is 334 g/mol. The fraction of sp³-hybridized carbons (Fsp3) is 0.952. The van der Waals surface area contributed by atoms with Crippen LogP contribution in [0, 0.1) is 34.5 Å². The molecule has 1 aliphatic heterocycles. The summed E-state index contributed by atoms with van der Waals surface area (Å²) in [4.78, 5) is 13.1. The number of carbonyl (C=O) groups is 1. The van der Waals surface area contributed by atoms with Crippen molar-refractivity contribution in [2.75, 3.05) is 13.2 Å². The van der Waals surface area contributed by atoms with Gasteiger partial charge in [-0.15, -0.1) is 0 Å². The summed E-state index contributed by atoms with van der Waals surface area (Å²) in [6.07, 6.45) is 10.3. The van der Waals surface area contributed by atoms with E-state index in [0.29, 0.717) is 11.8 Å². The maximum atomic E-state index is 13.1. The van der Waals surface area contributed by atoms with Crippen LogP contribution in [0.1, 0.15) is 72.1 Å². The van der Waals surface area contributed by atoms with Gasteiger partial charge in [-0.05, 0) is 74.5 Å². The molecule has 24 heavy (non-hydrogen) atoms. The first-order chi connectivity index (χ1) is 11.4. The third-order valence-corrected chi connectivity index (χ3v) is 7.34. The van der Waals surface area contributed by atoms with E-state index in [2.05, 4.69) is 26.1 Å². The smallest absolute Gasteiger partial charge is 0.226 e. The second kappa shape index (κ2) is 6.00. The van der Waals surface area contributed by atoms with E-state index >= 15 is 0 Å². The first-order valence-electron chi connectivity index (χ1n) is 10.3. The Morgan fingerprint density at radius 3 is 2.21 bits per heavy atom. The van der Waals surface area contributed by atoms with Gasteiger partial charge in [0.15, 0.2) is 0 Å². The highest BCUT2D eigenvalue weighted by Gasteiger charge is 2.54. The molecular formula is C21H35NO2. The van der Waals surface area contributed by atoms with Crippen LogP contribution in [0.2, 0.25) is 0 Å². The topological polar surface area (TPSA) is 38.3 Å². The minimum atomic E-state index is -0.0124. The van der Waals surface area contributed by atoms with Crippen LogP contribution in [-0.2, 0) is 9.53 Å². The van der Waals surface area contributed by atoms with Crippen LogP contribution in [0.5, 0.6) is 0 Å². The van der Waals surface area contributed by atoms with Gasteiger partial charge in [-0.1, -0.05) is 20.8 Å². The zero-order valence-corrected chi connectivity index (χ0v) is 15.8. The van der Waals surface area contributed by atoms with Crippen molar-refractivity contribution < 1.29 is 9.53 Å². The van der Waals surface area contributed by atoms with Gasteiger partial charge in [0.2, 0.25) is 5.91 Å². The second-order valence-electron chi connectivity index (χ2n) is 10.5. The molecule has 1 amide bonds. The molecule has 3 nitrogen and oxygen atoms in total. The van der Waals surface area contributed by atoms with Gasteiger partial charge in [-0.3, -0.25) is 4.79 Å². The minimum absolute atomic E-state index is 0.0124. The Bertz CT molecular complexity index is 457. The van der Waals surface area contributed by atoms with Crippen molar-refractivity contribution in [2.24, 2.45) is 34.5 Å². The molecule has 5 fully saturated rings. The highest BCUT2D eigenvalue weighted by Crippen LogP contribution is 2.60. The van der Waals surface area contributed by atoms with Crippen molar-refractivity contribution in [3.05, 3.63) is 0 Å². The summed E-state index contributed by atoms with van der Waals surface area (Å²) in [7, 11) is 0. The quantitative estimate of drug-likeness (QED) is 0.842. The SMILES string of the molecule is CC(C)(C)[C@@H]1OCCC[C@H]1CNC(=O)C12CC3CC(CC(C3)C1)C2. The number of hydrogen-bond acceptors (Lipinski definition) is 2. The summed E-state index contributed by atoms with van der Waals surface area (Å²) in [5.41, 5.74) is 0.137. The lowest BCUT2D eigenvalue weighted by Gasteiger charge is -2.55. The monoisotopic (exact) mass is 333 g/mol. The van der Waals surface area contributed by atoms with Crippen molar-refractivity contribution >= 4 is 5.91 Å². The number of amides is 1. The standard InChI is InChI=1S/C21H35NO2/c1-20(2,3)18-17(5-4-6-24-18)13-22-19(23)21-10-14-7-15(11-21)9-16(8-14)12-21/h14-18H,4-13H2,1-3H3,(H,22,23)/t14?,15?,16?,17-,18+,21?/m0/s1. The van der Waals surface area contributed by atoms with Crippen LogP contribution in [0.25, 0.3) is 0 Å². The zero-order valence-electron chi connectivity index (χ0n) is 15.8. The minimum Gasteiger partial charge on any atom is -0.377 e. The van der Waals surface area contributed by atoms with Gasteiger partial charge in [0.25, 0.3) is 0 Å². The van der Waals surface area contributed by atoms with Gasteiger partial charge in [-0.25, -0.2) is 0 Å². The maximum Gasteiger partial charge on any atom is 0.226 e. The summed E-state index contributed by atoms with van der Waals surface area (Å²) >= 11 is 0. The van der Waals surface area contributed by atoms with Gasteiger partial charge in [0.05, 0.1) is 6.10 Å². The van der Waals surface area contributed by atoms with Gasteiger partial charge in [-0.2, -0.15) is 0 Å². The molecule has 2 atom stereocenters. The van der Waals surface area contributed by atoms with Crippen molar-refractivity contribution in [1.29, 1.82) is 0 Å². The van der Waals surface area contributed by atoms with E-state index in [0.717, 1.165) is 56.6 Å². The Balaban J connectivity index is 1.39. The third kappa shape index (κ3) is 3.02. The van der Waals surface area contributed by atoms with E-state index in [1.165, 1.54) is 25.7 Å². The predicted molar refractivity (Wildman–Crippen MR) is 95.5 cm³/mol. The molecule has 4 saturated carbocycles. The van der Waals surface area contributed by atoms with Gasteiger partial charge >= 0.3 is 0 Å². The molecule has 0 unspecified atom stereocenters. The molecule has 0 aromatic rings. The molecule has 3 heteroatoms. The fourth-order valence-corrected chi connectivity index (χ4v) is 6.81. The first-order valence-corrected chi connectivity index (χ1v) is 10.3. The van der Waals surface area contributed by atoms with E-state index in [9.17, 15) is 4.79 Å². The first kappa shape index (κ1) is 16.9. The van der Waals surface area contributed by atoms with Crippen LogP contribution in [0.3, 0.4) is 0 Å². The van der Waals surface area contributed by atoms with E-state index in [1.807, 2.05) is 0 Å². The molecule has 5 aliphatic rings. The number of rotatable bonds is 3. The van der Waals surface area contributed by atoms with Crippen LogP contribution >= 0.6 is 0 Å². The van der Waals surface area contributed by atoms with Gasteiger partial charge < -0.3 is 10.1 Å². The van der Waals surface area contributed by atoms with E-state index < -0.39 is 0 Å². The molecule has 4 bridgehead atoms. The predicted octanol–water partition coefficient (Wildman–Crippen LogP) is 4.16. The molecule has 5 rings (SSSR count). The van der Waals surface area contributed by atoms with Gasteiger partial charge in [0.1, 0.15) is 0 Å². The lowest BCUT2D eigenvalue weighted by atomic mass is 9.49. The summed E-state index contributed by atoms with van der Waals surface area (Å²) in [5, 5.41) is 3.39. The normalized spacial score (nSPS) is 44.5. The molecule has 4 aliphatic carbocycles. The summed E-state index contributed by atoms with van der Waals surface area (Å²) < 4.78 is 6.09. The molecule has 0 aromatic carbocycles. The highest BCUT2D eigenvalue weighted by molar-refractivity contribution is 5.83. The van der Waals surface area contributed by atoms with E-state index in [4.69, 9.17) is 4.74 Å². The Morgan fingerprint density at radius 1 is 1.08 bits per heavy atom. The van der Waals surface area contributed by atoms with Crippen molar-refractivity contribution in [1.82, 2.24) is 5.32 Å². The van der Waals surface area contributed by atoms with Crippen LogP contribution in [-0.4, -0.2) is 25.2 Å². The fourth-order valence-electron chi connectivity index (χ4n) is 6.81. The summed E-state index contributed by atoms with van der Waals surface area (Å²) in [5.74, 6) is 3.35. The van der Waals surface area contributed by atoms with Crippen molar-refractivity contribution in [2.45, 2.75) is 78.2 Å². The Labute approximate surface area is 147 Å². The third-order valence-electron chi connectivity index (χ3n) is 7.34. The average Bonchev–Trinajstić information content (AvgIpc) is 2.50. The molecule has 136 valence electrons. The molecule has 1 N–H and O–H groups in total. The zero-order chi connectivity index (χ0) is 16.9. The molecule has 1 heterocycles. The Hall–Kier alpha value is -0.570. The van der Waals surface area contributed by atoms with Crippen molar-refractivity contribution in [3.63, 3.8) is 0 Å². The molecule has 0 radical (unpaired) electrons. The molecular weight excluding hydrogens is 298 g/mol. The maximum absolute atomic E-state index is 13.1. The summed E-state index contributed by atoms with van der Waals surface area (Å²) in [6.45, 7) is 8.47. The van der Waals surface area contributed by atoms with Crippen LogP contribution in [0.4, 0.5) is 0 Å². The molecule has 0 spiro atoms. The molecule has 0 aromatic heterocycles. The van der Waals surface area contributed by atoms with Crippen molar-refractivity contribution in [3.8, 4) is 0 Å². The number of hydrogen-bond donors (Lipinski definition) is 1. The Morgan fingerprint density at radius 2 is 1.67 bits per heavy atom. The largest absolute Gasteiger partial charge is 0.377 e.